The van der Waals surface area contributed by atoms with Gasteiger partial charge in [-0.2, -0.15) is 5.26 Å². The summed E-state index contributed by atoms with van der Waals surface area (Å²) in [6.07, 6.45) is 1.34. The van der Waals surface area contributed by atoms with Crippen LogP contribution in [0.15, 0.2) is 52.5 Å². The number of non-ortho nitro benzene ring substituents is 1. The van der Waals surface area contributed by atoms with Gasteiger partial charge >= 0.3 is 0 Å². The number of rotatable bonds is 6. The first-order valence-electron chi connectivity index (χ1n) is 7.69. The van der Waals surface area contributed by atoms with Crippen LogP contribution >= 0.6 is 15.9 Å². The Morgan fingerprint density at radius 1 is 1.31 bits per heavy atom. The van der Waals surface area contributed by atoms with E-state index in [1.54, 1.807) is 18.2 Å². The fourth-order valence-corrected chi connectivity index (χ4v) is 2.59. The molecule has 6 nitrogen and oxygen atoms in total. The summed E-state index contributed by atoms with van der Waals surface area (Å²) < 4.78 is 6.47. The van der Waals surface area contributed by atoms with E-state index in [0.717, 1.165) is 10.5 Å². The molecule has 0 radical (unpaired) electrons. The number of nitro benzene ring substituents is 1. The van der Waals surface area contributed by atoms with E-state index in [1.807, 2.05) is 19.9 Å². The van der Waals surface area contributed by atoms with Crippen LogP contribution < -0.4 is 4.74 Å². The molecule has 0 N–H and O–H groups in total. The molecule has 0 amide bonds. The zero-order chi connectivity index (χ0) is 19.3. The minimum Gasteiger partial charge on any atom is -0.490 e. The normalized spacial score (nSPS) is 11.1. The molecule has 7 heteroatoms. The molecule has 0 heterocycles. The van der Waals surface area contributed by atoms with Gasteiger partial charge in [0.05, 0.1) is 11.0 Å². The van der Waals surface area contributed by atoms with Gasteiger partial charge in [-0.05, 0) is 38.1 Å². The number of benzene rings is 2. The standard InChI is InChI=1S/C19H15BrN2O4/c1-12(2)26-18-7-6-16(20)9-14(18)8-15(11-21)19(23)13-4-3-5-17(10-13)22(24)25/h3-10,12H,1-2H3/b15-8-. The van der Waals surface area contributed by atoms with E-state index >= 15 is 0 Å². The summed E-state index contributed by atoms with van der Waals surface area (Å²) >= 11 is 3.35. The van der Waals surface area contributed by atoms with Gasteiger partial charge in [0.25, 0.3) is 5.69 Å². The molecule has 26 heavy (non-hydrogen) atoms. The van der Waals surface area contributed by atoms with Crippen LogP contribution in [0.5, 0.6) is 5.75 Å². The molecule has 0 saturated carbocycles. The number of Topliss-reactive ketones (excluding diaryl/α,β-unsaturated/α-hetero) is 1. The van der Waals surface area contributed by atoms with Crippen LogP contribution in [-0.2, 0) is 0 Å². The monoisotopic (exact) mass is 414 g/mol. The molecule has 0 saturated heterocycles. The van der Waals surface area contributed by atoms with Crippen LogP contribution in [0, 0.1) is 21.4 Å². The highest BCUT2D eigenvalue weighted by atomic mass is 79.9. The van der Waals surface area contributed by atoms with Crippen LogP contribution in [0.4, 0.5) is 5.69 Å². The molecule has 2 aromatic carbocycles. The predicted octanol–water partition coefficient (Wildman–Crippen LogP) is 4.93. The molecule has 0 unspecified atom stereocenters. The minimum atomic E-state index is -0.591. The van der Waals surface area contributed by atoms with Crippen molar-refractivity contribution >= 4 is 33.5 Å². The number of carbonyl (C=O) groups excluding carboxylic acids is 1. The molecule has 0 atom stereocenters. The fraction of sp³-hybridized carbons (Fsp3) is 0.158. The van der Waals surface area contributed by atoms with Gasteiger partial charge < -0.3 is 4.74 Å². The van der Waals surface area contributed by atoms with Crippen LogP contribution in [0.25, 0.3) is 6.08 Å². The lowest BCUT2D eigenvalue weighted by molar-refractivity contribution is -0.384. The maximum Gasteiger partial charge on any atom is 0.270 e. The summed E-state index contributed by atoms with van der Waals surface area (Å²) in [6, 6.07) is 12.4. The lowest BCUT2D eigenvalue weighted by Crippen LogP contribution is -2.07. The zero-order valence-electron chi connectivity index (χ0n) is 14.1. The Morgan fingerprint density at radius 3 is 2.65 bits per heavy atom. The highest BCUT2D eigenvalue weighted by molar-refractivity contribution is 9.10. The van der Waals surface area contributed by atoms with Crippen molar-refractivity contribution < 1.29 is 14.5 Å². The molecule has 0 fully saturated rings. The highest BCUT2D eigenvalue weighted by Crippen LogP contribution is 2.27. The van der Waals surface area contributed by atoms with Crippen molar-refractivity contribution in [2.75, 3.05) is 0 Å². The van der Waals surface area contributed by atoms with Crippen molar-refractivity contribution in [3.05, 3.63) is 73.8 Å². The number of allylic oxidation sites excluding steroid dienone is 1. The Bertz CT molecular complexity index is 929. The van der Waals surface area contributed by atoms with E-state index in [4.69, 9.17) is 4.74 Å². The molecule has 0 bridgehead atoms. The van der Waals surface area contributed by atoms with E-state index in [0.29, 0.717) is 11.3 Å². The third kappa shape index (κ3) is 4.77. The fourth-order valence-electron chi connectivity index (χ4n) is 2.21. The molecule has 0 aliphatic heterocycles. The van der Waals surface area contributed by atoms with Crippen molar-refractivity contribution in [2.24, 2.45) is 0 Å². The number of hydrogen-bond donors (Lipinski definition) is 0. The summed E-state index contributed by atoms with van der Waals surface area (Å²) in [5.41, 5.74) is 0.286. The number of ketones is 1. The van der Waals surface area contributed by atoms with E-state index in [2.05, 4.69) is 15.9 Å². The van der Waals surface area contributed by atoms with Crippen molar-refractivity contribution in [2.45, 2.75) is 20.0 Å². The largest absolute Gasteiger partial charge is 0.490 e. The van der Waals surface area contributed by atoms with Gasteiger partial charge in [0.1, 0.15) is 17.4 Å². The van der Waals surface area contributed by atoms with Crippen LogP contribution in [0.3, 0.4) is 0 Å². The minimum absolute atomic E-state index is 0.0772. The van der Waals surface area contributed by atoms with Crippen LogP contribution in [0.1, 0.15) is 29.8 Å². The van der Waals surface area contributed by atoms with E-state index in [-0.39, 0.29) is 22.9 Å². The maximum atomic E-state index is 12.6. The van der Waals surface area contributed by atoms with E-state index < -0.39 is 10.7 Å². The van der Waals surface area contributed by atoms with Gasteiger partial charge in [-0.1, -0.05) is 28.1 Å². The van der Waals surface area contributed by atoms with Crippen molar-refractivity contribution in [3.63, 3.8) is 0 Å². The second kappa shape index (κ2) is 8.41. The van der Waals surface area contributed by atoms with Gasteiger partial charge in [0.2, 0.25) is 5.78 Å². The van der Waals surface area contributed by atoms with Gasteiger partial charge in [-0.25, -0.2) is 0 Å². The molecule has 0 aliphatic carbocycles. The Kier molecular flexibility index (Phi) is 6.26. The Morgan fingerprint density at radius 2 is 2.04 bits per heavy atom. The molecule has 0 aromatic heterocycles. The topological polar surface area (TPSA) is 93.2 Å². The SMILES string of the molecule is CC(C)Oc1ccc(Br)cc1/C=C(/C#N)C(=O)c1cccc([N+](=O)[O-])c1. The van der Waals surface area contributed by atoms with Gasteiger partial charge in [0.15, 0.2) is 0 Å². The number of nitrogens with zero attached hydrogens (tertiary/aromatic N) is 2. The number of nitro groups is 1. The van der Waals surface area contributed by atoms with Crippen LogP contribution in [0.2, 0.25) is 0 Å². The lowest BCUT2D eigenvalue weighted by atomic mass is 10.0. The second-order valence-electron chi connectivity index (χ2n) is 5.66. The first-order valence-corrected chi connectivity index (χ1v) is 8.48. The van der Waals surface area contributed by atoms with Crippen LogP contribution in [-0.4, -0.2) is 16.8 Å². The quantitative estimate of drug-likeness (QED) is 0.219. The van der Waals surface area contributed by atoms with Crippen molar-refractivity contribution in [3.8, 4) is 11.8 Å². The average Bonchev–Trinajstić information content (AvgIpc) is 2.61. The highest BCUT2D eigenvalue weighted by Gasteiger charge is 2.17. The smallest absolute Gasteiger partial charge is 0.270 e. The average molecular weight is 415 g/mol. The molecule has 2 aromatic rings. The molecular weight excluding hydrogens is 400 g/mol. The van der Waals surface area contributed by atoms with E-state index in [9.17, 15) is 20.2 Å². The number of halogens is 1. The summed E-state index contributed by atoms with van der Waals surface area (Å²) in [5.74, 6) is -0.0607. The van der Waals surface area contributed by atoms with Gasteiger partial charge in [-0.3, -0.25) is 14.9 Å². The van der Waals surface area contributed by atoms with E-state index in [1.165, 1.54) is 24.3 Å². The predicted molar refractivity (Wildman–Crippen MR) is 101 cm³/mol. The third-order valence-corrected chi connectivity index (χ3v) is 3.81. The summed E-state index contributed by atoms with van der Waals surface area (Å²) in [7, 11) is 0. The molecule has 0 aliphatic rings. The molecule has 132 valence electrons. The number of hydrogen-bond acceptors (Lipinski definition) is 5. The van der Waals surface area contributed by atoms with Gasteiger partial charge in [0, 0.05) is 27.7 Å². The Labute approximate surface area is 159 Å². The Balaban J connectivity index is 2.47. The third-order valence-electron chi connectivity index (χ3n) is 3.32. The van der Waals surface area contributed by atoms with Gasteiger partial charge in [-0.15, -0.1) is 0 Å². The first-order chi connectivity index (χ1) is 12.3. The number of carbonyl (C=O) groups is 1. The molecule has 0 spiro atoms. The van der Waals surface area contributed by atoms with Crippen molar-refractivity contribution in [1.82, 2.24) is 0 Å². The molecule has 2 rings (SSSR count). The first kappa shape index (κ1) is 19.3. The summed E-state index contributed by atoms with van der Waals surface area (Å²) in [6.45, 7) is 3.74. The number of ether oxygens (including phenoxy) is 1. The maximum absolute atomic E-state index is 12.6. The van der Waals surface area contributed by atoms with Crippen molar-refractivity contribution in [1.29, 1.82) is 5.26 Å². The zero-order valence-corrected chi connectivity index (χ0v) is 15.7. The summed E-state index contributed by atoms with van der Waals surface area (Å²) in [4.78, 5) is 22.9. The lowest BCUT2D eigenvalue weighted by Gasteiger charge is -2.13. The summed E-state index contributed by atoms with van der Waals surface area (Å²) in [5, 5.41) is 20.3. The molecular formula is C19H15BrN2O4. The number of nitriles is 1. The second-order valence-corrected chi connectivity index (χ2v) is 6.57. The Hall–Kier alpha value is -2.98.